The van der Waals surface area contributed by atoms with Gasteiger partial charge in [-0.1, -0.05) is 51.4 Å². The molecule has 0 heterocycles. The Kier molecular flexibility index (Phi) is 11.2. The number of hydrogen-bond donors (Lipinski definition) is 4. The SMILES string of the molecule is NCCCCCCCCCCCC[Si](O)(O)O. The van der Waals surface area contributed by atoms with Crippen molar-refractivity contribution in [2.45, 2.75) is 70.3 Å². The molecule has 0 aromatic rings. The van der Waals surface area contributed by atoms with Crippen LogP contribution in [0.5, 0.6) is 0 Å². The quantitative estimate of drug-likeness (QED) is 0.319. The summed E-state index contributed by atoms with van der Waals surface area (Å²) in [5.74, 6) is 0. The molecular weight excluding hydrogens is 234 g/mol. The molecule has 0 atom stereocenters. The monoisotopic (exact) mass is 263 g/mol. The fourth-order valence-corrected chi connectivity index (χ4v) is 2.65. The van der Waals surface area contributed by atoms with E-state index in [0.29, 0.717) is 0 Å². The highest BCUT2D eigenvalue weighted by Crippen LogP contribution is 2.12. The van der Waals surface area contributed by atoms with Crippen LogP contribution in [0.15, 0.2) is 0 Å². The highest BCUT2D eigenvalue weighted by molar-refractivity contribution is 6.56. The summed E-state index contributed by atoms with van der Waals surface area (Å²) in [4.78, 5) is 26.4. The standard InChI is InChI=1S/C12H29NO3Si/c13-11-9-7-5-3-1-2-4-6-8-10-12-17(14,15)16/h14-16H,1-13H2. The topological polar surface area (TPSA) is 86.7 Å². The summed E-state index contributed by atoms with van der Waals surface area (Å²) in [6.07, 6.45) is 11.6. The molecule has 0 saturated carbocycles. The molecule has 0 aliphatic heterocycles. The summed E-state index contributed by atoms with van der Waals surface area (Å²) in [5.41, 5.74) is 5.42. The molecule has 5 N–H and O–H groups in total. The van der Waals surface area contributed by atoms with Crippen LogP contribution in [0.25, 0.3) is 0 Å². The Morgan fingerprint density at radius 1 is 0.588 bits per heavy atom. The van der Waals surface area contributed by atoms with Crippen LogP contribution in [0.2, 0.25) is 6.04 Å². The number of nitrogens with two attached hydrogens (primary N) is 1. The van der Waals surface area contributed by atoms with Gasteiger partial charge in [-0.25, -0.2) is 0 Å². The highest BCUT2D eigenvalue weighted by atomic mass is 28.4. The minimum atomic E-state index is -3.76. The van der Waals surface area contributed by atoms with E-state index < -0.39 is 8.80 Å². The van der Waals surface area contributed by atoms with Gasteiger partial charge in [-0.2, -0.15) is 0 Å². The van der Waals surface area contributed by atoms with Crippen molar-refractivity contribution in [1.29, 1.82) is 0 Å². The predicted molar refractivity (Wildman–Crippen MR) is 72.4 cm³/mol. The minimum absolute atomic E-state index is 0.187. The largest absolute Gasteiger partial charge is 0.492 e. The number of hydrogen-bond acceptors (Lipinski definition) is 4. The van der Waals surface area contributed by atoms with Gasteiger partial charge in [0.2, 0.25) is 0 Å². The summed E-state index contributed by atoms with van der Waals surface area (Å²) >= 11 is 0. The van der Waals surface area contributed by atoms with Crippen LogP contribution in [-0.4, -0.2) is 29.7 Å². The second-order valence-corrected chi connectivity index (χ2v) is 6.90. The maximum atomic E-state index is 8.80. The predicted octanol–water partition coefficient (Wildman–Crippen LogP) is 1.76. The van der Waals surface area contributed by atoms with E-state index >= 15 is 0 Å². The van der Waals surface area contributed by atoms with Crippen molar-refractivity contribution in [2.24, 2.45) is 5.73 Å². The van der Waals surface area contributed by atoms with Crippen LogP contribution >= 0.6 is 0 Å². The zero-order valence-electron chi connectivity index (χ0n) is 10.9. The molecule has 4 nitrogen and oxygen atoms in total. The molecule has 0 aliphatic carbocycles. The molecule has 0 rings (SSSR count). The van der Waals surface area contributed by atoms with Crippen molar-refractivity contribution in [2.75, 3.05) is 6.54 Å². The van der Waals surface area contributed by atoms with E-state index in [1.807, 2.05) is 0 Å². The van der Waals surface area contributed by atoms with Crippen molar-refractivity contribution in [3.63, 3.8) is 0 Å². The first-order valence-electron chi connectivity index (χ1n) is 6.93. The molecule has 104 valence electrons. The van der Waals surface area contributed by atoms with E-state index in [4.69, 9.17) is 20.1 Å². The molecule has 0 fully saturated rings. The normalized spacial score (nSPS) is 12.0. The van der Waals surface area contributed by atoms with Gasteiger partial charge in [0.15, 0.2) is 0 Å². The van der Waals surface area contributed by atoms with E-state index in [2.05, 4.69) is 0 Å². The average Bonchev–Trinajstić information content (AvgIpc) is 2.24. The zero-order chi connectivity index (χ0) is 13.0. The third-order valence-corrected chi connectivity index (χ3v) is 3.99. The first-order chi connectivity index (χ1) is 8.06. The van der Waals surface area contributed by atoms with Gasteiger partial charge in [0.05, 0.1) is 0 Å². The Morgan fingerprint density at radius 2 is 0.941 bits per heavy atom. The lowest BCUT2D eigenvalue weighted by atomic mass is 10.1. The molecule has 0 aromatic heterocycles. The molecule has 0 amide bonds. The molecule has 0 spiro atoms. The number of rotatable bonds is 12. The van der Waals surface area contributed by atoms with Gasteiger partial charge in [0.1, 0.15) is 0 Å². The fourth-order valence-electron chi connectivity index (χ4n) is 1.92. The van der Waals surface area contributed by atoms with Crippen LogP contribution in [0, 0.1) is 0 Å². The van der Waals surface area contributed by atoms with Gasteiger partial charge in [0.25, 0.3) is 0 Å². The lowest BCUT2D eigenvalue weighted by Gasteiger charge is -2.08. The van der Waals surface area contributed by atoms with Crippen molar-refractivity contribution in [1.82, 2.24) is 0 Å². The molecule has 17 heavy (non-hydrogen) atoms. The maximum absolute atomic E-state index is 8.80. The third kappa shape index (κ3) is 16.1. The molecule has 5 heteroatoms. The van der Waals surface area contributed by atoms with Gasteiger partial charge < -0.3 is 20.1 Å². The zero-order valence-corrected chi connectivity index (χ0v) is 11.9. The number of unbranched alkanes of at least 4 members (excludes halogenated alkanes) is 9. The summed E-state index contributed by atoms with van der Waals surface area (Å²) in [6, 6.07) is 0.187. The van der Waals surface area contributed by atoms with E-state index in [-0.39, 0.29) is 6.04 Å². The smallest absolute Gasteiger partial charge is 0.390 e. The van der Waals surface area contributed by atoms with Crippen LogP contribution in [0.1, 0.15) is 64.2 Å². The van der Waals surface area contributed by atoms with Crippen LogP contribution in [-0.2, 0) is 0 Å². The Hall–Kier alpha value is 0.0569. The highest BCUT2D eigenvalue weighted by Gasteiger charge is 2.25. The molecule has 0 radical (unpaired) electrons. The van der Waals surface area contributed by atoms with Crippen molar-refractivity contribution in [3.05, 3.63) is 0 Å². The second kappa shape index (κ2) is 11.2. The molecular formula is C12H29NO3Si. The van der Waals surface area contributed by atoms with Gasteiger partial charge in [0, 0.05) is 6.04 Å². The molecule has 0 bridgehead atoms. The maximum Gasteiger partial charge on any atom is 0.492 e. The fraction of sp³-hybridized carbons (Fsp3) is 1.00. The first-order valence-corrected chi connectivity index (χ1v) is 8.98. The van der Waals surface area contributed by atoms with E-state index in [9.17, 15) is 0 Å². The van der Waals surface area contributed by atoms with Gasteiger partial charge in [-0.05, 0) is 19.4 Å². The molecule has 0 unspecified atom stereocenters. The lowest BCUT2D eigenvalue weighted by molar-refractivity contribution is 0.226. The van der Waals surface area contributed by atoms with Crippen molar-refractivity contribution < 1.29 is 14.4 Å². The lowest BCUT2D eigenvalue weighted by Crippen LogP contribution is -2.33. The van der Waals surface area contributed by atoms with Crippen LogP contribution in [0.4, 0.5) is 0 Å². The van der Waals surface area contributed by atoms with Gasteiger partial charge in [-0.15, -0.1) is 0 Å². The summed E-state index contributed by atoms with van der Waals surface area (Å²) in [7, 11) is -3.76. The van der Waals surface area contributed by atoms with Crippen LogP contribution < -0.4 is 5.73 Å². The Balaban J connectivity index is 2.99. The average molecular weight is 263 g/mol. The van der Waals surface area contributed by atoms with Crippen molar-refractivity contribution in [3.8, 4) is 0 Å². The first kappa shape index (κ1) is 17.1. The molecule has 0 aliphatic rings. The molecule has 0 aromatic carbocycles. The summed E-state index contributed by atoms with van der Waals surface area (Å²) in [5, 5.41) is 0. The van der Waals surface area contributed by atoms with E-state index in [1.165, 1.54) is 38.5 Å². The van der Waals surface area contributed by atoms with Gasteiger partial charge in [-0.3, -0.25) is 0 Å². The Morgan fingerprint density at radius 3 is 1.29 bits per heavy atom. The van der Waals surface area contributed by atoms with E-state index in [0.717, 1.165) is 32.2 Å². The van der Waals surface area contributed by atoms with Crippen LogP contribution in [0.3, 0.4) is 0 Å². The summed E-state index contributed by atoms with van der Waals surface area (Å²) < 4.78 is 0. The van der Waals surface area contributed by atoms with Crippen molar-refractivity contribution >= 4 is 8.80 Å². The van der Waals surface area contributed by atoms with Gasteiger partial charge >= 0.3 is 8.80 Å². The minimum Gasteiger partial charge on any atom is -0.390 e. The Bertz CT molecular complexity index is 162. The molecule has 0 saturated heterocycles. The summed E-state index contributed by atoms with van der Waals surface area (Å²) in [6.45, 7) is 0.811. The second-order valence-electron chi connectivity index (χ2n) is 4.85. The Labute approximate surface area is 106 Å². The third-order valence-electron chi connectivity index (χ3n) is 2.97. The van der Waals surface area contributed by atoms with E-state index in [1.54, 1.807) is 0 Å².